The van der Waals surface area contributed by atoms with Gasteiger partial charge in [-0.1, -0.05) is 6.07 Å². The molecule has 0 radical (unpaired) electrons. The first-order chi connectivity index (χ1) is 12.9. The molecule has 2 amide bonds. The maximum absolute atomic E-state index is 13.5. The number of anilines is 1. The van der Waals surface area contributed by atoms with E-state index < -0.39 is 11.7 Å². The van der Waals surface area contributed by atoms with Crippen molar-refractivity contribution in [2.75, 3.05) is 19.5 Å². The van der Waals surface area contributed by atoms with Crippen molar-refractivity contribution in [1.82, 2.24) is 5.32 Å². The number of nitrogens with one attached hydrogen (secondary N) is 2. The van der Waals surface area contributed by atoms with Crippen molar-refractivity contribution >= 4 is 17.5 Å². The van der Waals surface area contributed by atoms with Gasteiger partial charge in [0, 0.05) is 17.7 Å². The molecular formula is C20H21FN2O4. The second kappa shape index (κ2) is 7.65. The van der Waals surface area contributed by atoms with Crippen LogP contribution < -0.4 is 20.1 Å². The molecule has 2 aromatic carbocycles. The van der Waals surface area contributed by atoms with E-state index in [-0.39, 0.29) is 24.3 Å². The van der Waals surface area contributed by atoms with E-state index in [1.807, 2.05) is 6.92 Å². The number of rotatable bonds is 5. The van der Waals surface area contributed by atoms with E-state index in [2.05, 4.69) is 10.6 Å². The van der Waals surface area contributed by atoms with Crippen LogP contribution in [0.5, 0.6) is 11.5 Å². The fourth-order valence-corrected chi connectivity index (χ4v) is 3.24. The zero-order valence-electron chi connectivity index (χ0n) is 15.3. The molecule has 1 aliphatic rings. The predicted molar refractivity (Wildman–Crippen MR) is 98.5 cm³/mol. The molecule has 7 heteroatoms. The highest BCUT2D eigenvalue weighted by Crippen LogP contribution is 2.34. The number of methoxy groups -OCH3 is 2. The summed E-state index contributed by atoms with van der Waals surface area (Å²) in [4.78, 5) is 24.8. The number of carbonyl (C=O) groups excluding carboxylic acids is 2. The summed E-state index contributed by atoms with van der Waals surface area (Å²) in [7, 11) is 3.11. The Kier molecular flexibility index (Phi) is 5.30. The summed E-state index contributed by atoms with van der Waals surface area (Å²) >= 11 is 0. The molecule has 0 bridgehead atoms. The summed E-state index contributed by atoms with van der Waals surface area (Å²) in [6, 6.07) is 8.99. The molecule has 1 heterocycles. The number of benzene rings is 2. The Bertz CT molecular complexity index is 884. The summed E-state index contributed by atoms with van der Waals surface area (Å²) in [5.74, 6) is -0.523. The monoisotopic (exact) mass is 372 g/mol. The number of amides is 2. The highest BCUT2D eigenvalue weighted by Gasteiger charge is 2.32. The average molecular weight is 372 g/mol. The first kappa shape index (κ1) is 18.7. The number of hydrogen-bond donors (Lipinski definition) is 2. The summed E-state index contributed by atoms with van der Waals surface area (Å²) in [5.41, 5.74) is 1.68. The lowest BCUT2D eigenvalue weighted by molar-refractivity contribution is -0.126. The van der Waals surface area contributed by atoms with Gasteiger partial charge in [0.1, 0.15) is 17.3 Å². The Hall–Kier alpha value is -3.09. The Labute approximate surface area is 156 Å². The van der Waals surface area contributed by atoms with E-state index in [4.69, 9.17) is 9.47 Å². The molecule has 0 fully saturated rings. The number of halogens is 1. The third-order valence-electron chi connectivity index (χ3n) is 4.63. The van der Waals surface area contributed by atoms with Gasteiger partial charge in [-0.25, -0.2) is 4.39 Å². The largest absolute Gasteiger partial charge is 0.497 e. The minimum atomic E-state index is -0.687. The third kappa shape index (κ3) is 3.86. The SMILES string of the molecule is COc1ccc(OC)c(C(C)NC(=O)C2CC(=O)Nc3cc(F)ccc32)c1. The third-order valence-corrected chi connectivity index (χ3v) is 4.63. The topological polar surface area (TPSA) is 76.7 Å². The minimum absolute atomic E-state index is 0.00638. The van der Waals surface area contributed by atoms with Gasteiger partial charge in [-0.15, -0.1) is 0 Å². The van der Waals surface area contributed by atoms with Crippen LogP contribution in [-0.2, 0) is 9.59 Å². The van der Waals surface area contributed by atoms with Crippen molar-refractivity contribution in [2.24, 2.45) is 0 Å². The fourth-order valence-electron chi connectivity index (χ4n) is 3.24. The lowest BCUT2D eigenvalue weighted by Gasteiger charge is -2.27. The highest BCUT2D eigenvalue weighted by molar-refractivity contribution is 6.01. The van der Waals surface area contributed by atoms with Gasteiger partial charge in [0.2, 0.25) is 11.8 Å². The van der Waals surface area contributed by atoms with Crippen LogP contribution >= 0.6 is 0 Å². The number of carbonyl (C=O) groups is 2. The van der Waals surface area contributed by atoms with E-state index in [1.165, 1.54) is 18.2 Å². The van der Waals surface area contributed by atoms with E-state index in [9.17, 15) is 14.0 Å². The van der Waals surface area contributed by atoms with E-state index in [0.717, 1.165) is 5.56 Å². The van der Waals surface area contributed by atoms with Crippen molar-refractivity contribution in [3.05, 3.63) is 53.3 Å². The molecule has 2 N–H and O–H groups in total. The summed E-state index contributed by atoms with van der Waals surface area (Å²) < 4.78 is 24.1. The van der Waals surface area contributed by atoms with Crippen LogP contribution in [0, 0.1) is 5.82 Å². The Morgan fingerprint density at radius 2 is 2.00 bits per heavy atom. The maximum atomic E-state index is 13.5. The van der Waals surface area contributed by atoms with Gasteiger partial charge in [0.15, 0.2) is 0 Å². The van der Waals surface area contributed by atoms with Gasteiger partial charge >= 0.3 is 0 Å². The number of hydrogen-bond acceptors (Lipinski definition) is 4. The highest BCUT2D eigenvalue weighted by atomic mass is 19.1. The zero-order chi connectivity index (χ0) is 19.6. The fraction of sp³-hybridized carbons (Fsp3) is 0.300. The van der Waals surface area contributed by atoms with Crippen molar-refractivity contribution in [2.45, 2.75) is 25.3 Å². The molecule has 0 saturated carbocycles. The Balaban J connectivity index is 1.85. The number of fused-ring (bicyclic) bond motifs is 1. The van der Waals surface area contributed by atoms with Crippen molar-refractivity contribution in [3.63, 3.8) is 0 Å². The van der Waals surface area contributed by atoms with Crippen LogP contribution in [-0.4, -0.2) is 26.0 Å². The van der Waals surface area contributed by atoms with Crippen LogP contribution in [0.1, 0.15) is 36.4 Å². The predicted octanol–water partition coefficient (Wildman–Crippen LogP) is 3.15. The summed E-state index contributed by atoms with van der Waals surface area (Å²) in [5, 5.41) is 5.53. The van der Waals surface area contributed by atoms with Crippen LogP contribution in [0.2, 0.25) is 0 Å². The van der Waals surface area contributed by atoms with Crippen LogP contribution in [0.4, 0.5) is 10.1 Å². The smallest absolute Gasteiger partial charge is 0.228 e. The zero-order valence-corrected chi connectivity index (χ0v) is 15.3. The molecule has 0 aromatic heterocycles. The average Bonchev–Trinajstić information content (AvgIpc) is 2.66. The minimum Gasteiger partial charge on any atom is -0.497 e. The van der Waals surface area contributed by atoms with E-state index in [0.29, 0.717) is 22.7 Å². The molecule has 6 nitrogen and oxygen atoms in total. The van der Waals surface area contributed by atoms with Gasteiger partial charge in [-0.2, -0.15) is 0 Å². The van der Waals surface area contributed by atoms with Gasteiger partial charge in [0.25, 0.3) is 0 Å². The van der Waals surface area contributed by atoms with Crippen molar-refractivity contribution in [3.8, 4) is 11.5 Å². The molecule has 0 aliphatic carbocycles. The molecule has 142 valence electrons. The van der Waals surface area contributed by atoms with Crippen LogP contribution in [0.25, 0.3) is 0 Å². The lowest BCUT2D eigenvalue weighted by atomic mass is 9.89. The van der Waals surface area contributed by atoms with Gasteiger partial charge in [-0.3, -0.25) is 9.59 Å². The molecule has 0 spiro atoms. The molecule has 2 aromatic rings. The first-order valence-corrected chi connectivity index (χ1v) is 8.54. The quantitative estimate of drug-likeness (QED) is 0.845. The molecule has 27 heavy (non-hydrogen) atoms. The molecule has 1 aliphatic heterocycles. The second-order valence-corrected chi connectivity index (χ2v) is 6.37. The summed E-state index contributed by atoms with van der Waals surface area (Å²) in [6.07, 6.45) is 0.00638. The molecular weight excluding hydrogens is 351 g/mol. The number of ether oxygens (including phenoxy) is 2. The second-order valence-electron chi connectivity index (χ2n) is 6.37. The lowest BCUT2D eigenvalue weighted by Crippen LogP contribution is -2.36. The normalized spacial score (nSPS) is 16.7. The van der Waals surface area contributed by atoms with E-state index in [1.54, 1.807) is 32.4 Å². The Morgan fingerprint density at radius 1 is 1.22 bits per heavy atom. The summed E-state index contributed by atoms with van der Waals surface area (Å²) in [6.45, 7) is 1.82. The molecule has 2 atom stereocenters. The molecule has 2 unspecified atom stereocenters. The van der Waals surface area contributed by atoms with Gasteiger partial charge < -0.3 is 20.1 Å². The van der Waals surface area contributed by atoms with Crippen molar-refractivity contribution < 1.29 is 23.5 Å². The van der Waals surface area contributed by atoms with Crippen molar-refractivity contribution in [1.29, 1.82) is 0 Å². The molecule has 3 rings (SSSR count). The Morgan fingerprint density at radius 3 is 2.70 bits per heavy atom. The van der Waals surface area contributed by atoms with Gasteiger partial charge in [0.05, 0.1) is 26.2 Å². The van der Waals surface area contributed by atoms with Crippen LogP contribution in [0.15, 0.2) is 36.4 Å². The molecule has 0 saturated heterocycles. The first-order valence-electron chi connectivity index (χ1n) is 8.54. The standard InChI is InChI=1S/C20H21FN2O4/c1-11(15-9-13(26-2)5-7-18(15)27-3)22-20(25)16-10-19(24)23-17-8-12(21)4-6-14(16)17/h4-9,11,16H,10H2,1-3H3,(H,22,25)(H,23,24). The van der Waals surface area contributed by atoms with Crippen LogP contribution in [0.3, 0.4) is 0 Å². The maximum Gasteiger partial charge on any atom is 0.228 e. The van der Waals surface area contributed by atoms with E-state index >= 15 is 0 Å². The van der Waals surface area contributed by atoms with Gasteiger partial charge in [-0.05, 0) is 42.8 Å².